The van der Waals surface area contributed by atoms with Crippen LogP contribution in [0.3, 0.4) is 0 Å². The lowest BCUT2D eigenvalue weighted by atomic mass is 9.98. The number of carbonyl (C=O) groups excluding carboxylic acids is 1. The summed E-state index contributed by atoms with van der Waals surface area (Å²) in [5.41, 5.74) is 0. The minimum absolute atomic E-state index is 0.153. The zero-order valence-electron chi connectivity index (χ0n) is 12.2. The number of rotatable bonds is 1. The summed E-state index contributed by atoms with van der Waals surface area (Å²) in [7, 11) is 0. The number of hydrogen-bond acceptors (Lipinski definition) is 6. The van der Waals surface area contributed by atoms with Crippen LogP contribution < -0.4 is 0 Å². The molecule has 0 N–H and O–H groups in total. The van der Waals surface area contributed by atoms with E-state index < -0.39 is 0 Å². The first-order chi connectivity index (χ1) is 10.8. The Hall–Kier alpha value is -1.74. The Balaban J connectivity index is 1.37. The van der Waals surface area contributed by atoms with Gasteiger partial charge in [0.2, 0.25) is 4.96 Å². The number of nitrogens with zero attached hydrogens (tertiary/aromatic N) is 6. The minimum Gasteiger partial charge on any atom is -0.378 e. The maximum atomic E-state index is 12.5. The van der Waals surface area contributed by atoms with Gasteiger partial charge in [-0.2, -0.15) is 9.61 Å². The van der Waals surface area contributed by atoms with Crippen LogP contribution >= 0.6 is 11.3 Å². The zero-order valence-corrected chi connectivity index (χ0v) is 13.0. The maximum Gasteiger partial charge on any atom is 0.320 e. The number of fused-ring (bicyclic) bond motifs is 1. The van der Waals surface area contributed by atoms with E-state index in [1.165, 1.54) is 0 Å². The third kappa shape index (κ3) is 2.54. The van der Waals surface area contributed by atoms with Crippen molar-refractivity contribution in [3.63, 3.8) is 0 Å². The van der Waals surface area contributed by atoms with Crippen molar-refractivity contribution in [1.29, 1.82) is 0 Å². The summed E-state index contributed by atoms with van der Waals surface area (Å²) < 4.78 is 7.03. The van der Waals surface area contributed by atoms with Gasteiger partial charge in [0.15, 0.2) is 0 Å². The predicted molar refractivity (Wildman–Crippen MR) is 80.0 cm³/mol. The summed E-state index contributed by atoms with van der Waals surface area (Å²) in [4.78, 5) is 17.1. The molecule has 0 atom stereocenters. The number of ether oxygens (including phenoxy) is 1. The van der Waals surface area contributed by atoms with Crippen molar-refractivity contribution in [2.75, 3.05) is 39.4 Å². The zero-order chi connectivity index (χ0) is 14.9. The molecule has 0 bridgehead atoms. The molecule has 0 unspecified atom stereocenters. The second-order valence-corrected chi connectivity index (χ2v) is 6.63. The van der Waals surface area contributed by atoms with Crippen molar-refractivity contribution < 1.29 is 9.53 Å². The first kappa shape index (κ1) is 13.9. The molecule has 2 saturated heterocycles. The van der Waals surface area contributed by atoms with Crippen molar-refractivity contribution in [2.24, 2.45) is 0 Å². The van der Waals surface area contributed by atoms with Crippen molar-refractivity contribution in [3.05, 3.63) is 11.3 Å². The SMILES string of the molecule is O=C(N1CCOCC1)N1CCC(c2nn3cnnc3s2)CC1. The Morgan fingerprint density at radius 3 is 2.64 bits per heavy atom. The molecule has 2 fully saturated rings. The number of piperidine rings is 1. The van der Waals surface area contributed by atoms with Gasteiger partial charge in [0, 0.05) is 32.1 Å². The third-order valence-corrected chi connectivity index (χ3v) is 5.37. The fourth-order valence-corrected chi connectivity index (χ4v) is 4.00. The van der Waals surface area contributed by atoms with E-state index >= 15 is 0 Å². The topological polar surface area (TPSA) is 75.9 Å². The van der Waals surface area contributed by atoms with Crippen LogP contribution in [0, 0.1) is 0 Å². The van der Waals surface area contributed by atoms with E-state index in [0.717, 1.165) is 35.9 Å². The Morgan fingerprint density at radius 2 is 1.91 bits per heavy atom. The van der Waals surface area contributed by atoms with E-state index in [4.69, 9.17) is 4.74 Å². The van der Waals surface area contributed by atoms with E-state index in [0.29, 0.717) is 32.2 Å². The molecule has 8 nitrogen and oxygen atoms in total. The molecule has 9 heteroatoms. The van der Waals surface area contributed by atoms with E-state index in [1.54, 1.807) is 22.2 Å². The van der Waals surface area contributed by atoms with Crippen LogP contribution in [0.1, 0.15) is 23.8 Å². The lowest BCUT2D eigenvalue weighted by molar-refractivity contribution is 0.0411. The lowest BCUT2D eigenvalue weighted by Crippen LogP contribution is -2.50. The molecule has 0 spiro atoms. The number of aromatic nitrogens is 4. The predicted octanol–water partition coefficient (Wildman–Crippen LogP) is 0.817. The van der Waals surface area contributed by atoms with Gasteiger partial charge in [-0.3, -0.25) is 0 Å². The van der Waals surface area contributed by atoms with Crippen LogP contribution in [0.5, 0.6) is 0 Å². The fourth-order valence-electron chi connectivity index (χ4n) is 3.01. The van der Waals surface area contributed by atoms with Crippen LogP contribution in [0.2, 0.25) is 0 Å². The molecule has 2 aromatic rings. The van der Waals surface area contributed by atoms with Crippen LogP contribution in [-0.2, 0) is 4.74 Å². The molecule has 4 rings (SSSR count). The lowest BCUT2D eigenvalue weighted by Gasteiger charge is -2.36. The van der Waals surface area contributed by atoms with Crippen LogP contribution in [0.4, 0.5) is 4.79 Å². The summed E-state index contributed by atoms with van der Waals surface area (Å²) in [6.45, 7) is 4.29. The van der Waals surface area contributed by atoms with Crippen molar-refractivity contribution in [1.82, 2.24) is 29.6 Å². The highest BCUT2D eigenvalue weighted by atomic mass is 32.1. The van der Waals surface area contributed by atoms with E-state index in [1.807, 2.05) is 9.80 Å². The quantitative estimate of drug-likeness (QED) is 0.777. The van der Waals surface area contributed by atoms with Crippen molar-refractivity contribution in [3.8, 4) is 0 Å². The standard InChI is InChI=1S/C13H18N6O2S/c20-13(18-5-7-21-8-6-18)17-3-1-10(2-4-17)11-16-19-9-14-15-12(19)22-11/h9-10H,1-8H2. The first-order valence-corrected chi connectivity index (χ1v) is 8.41. The maximum absolute atomic E-state index is 12.5. The van der Waals surface area contributed by atoms with Crippen LogP contribution in [0.25, 0.3) is 4.96 Å². The summed E-state index contributed by atoms with van der Waals surface area (Å²) in [6.07, 6.45) is 3.55. The smallest absolute Gasteiger partial charge is 0.320 e. The molecule has 118 valence electrons. The molecule has 2 aliphatic rings. The number of hydrogen-bond donors (Lipinski definition) is 0. The van der Waals surface area contributed by atoms with Gasteiger partial charge in [-0.15, -0.1) is 10.2 Å². The largest absolute Gasteiger partial charge is 0.378 e. The number of urea groups is 1. The molecular weight excluding hydrogens is 304 g/mol. The van der Waals surface area contributed by atoms with E-state index in [-0.39, 0.29) is 6.03 Å². The highest BCUT2D eigenvalue weighted by Gasteiger charge is 2.29. The molecule has 0 radical (unpaired) electrons. The molecule has 0 aromatic carbocycles. The summed E-state index contributed by atoms with van der Waals surface area (Å²) >= 11 is 1.60. The van der Waals surface area contributed by atoms with Crippen molar-refractivity contribution in [2.45, 2.75) is 18.8 Å². The van der Waals surface area contributed by atoms with Gasteiger partial charge in [0.1, 0.15) is 11.3 Å². The molecule has 0 aliphatic carbocycles. The van der Waals surface area contributed by atoms with Gasteiger partial charge in [-0.05, 0) is 12.8 Å². The highest BCUT2D eigenvalue weighted by molar-refractivity contribution is 7.16. The van der Waals surface area contributed by atoms with Gasteiger partial charge >= 0.3 is 6.03 Å². The van der Waals surface area contributed by atoms with Crippen LogP contribution in [0.15, 0.2) is 6.33 Å². The minimum atomic E-state index is 0.153. The highest BCUT2D eigenvalue weighted by Crippen LogP contribution is 2.31. The van der Waals surface area contributed by atoms with Gasteiger partial charge in [-0.1, -0.05) is 11.3 Å². The van der Waals surface area contributed by atoms with E-state index in [9.17, 15) is 4.79 Å². The molecule has 4 heterocycles. The fraction of sp³-hybridized carbons (Fsp3) is 0.692. The van der Waals surface area contributed by atoms with Crippen molar-refractivity contribution >= 4 is 22.3 Å². The first-order valence-electron chi connectivity index (χ1n) is 7.59. The molecule has 2 amide bonds. The molecular formula is C13H18N6O2S. The number of likely N-dealkylation sites (tertiary alicyclic amines) is 1. The van der Waals surface area contributed by atoms with Gasteiger partial charge in [-0.25, -0.2) is 4.79 Å². The van der Waals surface area contributed by atoms with E-state index in [2.05, 4.69) is 15.3 Å². The number of morpholine rings is 1. The van der Waals surface area contributed by atoms with Crippen LogP contribution in [-0.4, -0.2) is 75.0 Å². The Labute approximate surface area is 131 Å². The Morgan fingerprint density at radius 1 is 1.18 bits per heavy atom. The molecule has 2 aromatic heterocycles. The Bertz CT molecular complexity index is 628. The monoisotopic (exact) mass is 322 g/mol. The average Bonchev–Trinajstić information content (AvgIpc) is 3.17. The second-order valence-electron chi connectivity index (χ2n) is 5.64. The normalized spacial score (nSPS) is 20.7. The average molecular weight is 322 g/mol. The third-order valence-electron chi connectivity index (χ3n) is 4.30. The summed E-state index contributed by atoms with van der Waals surface area (Å²) in [5.74, 6) is 0.417. The summed E-state index contributed by atoms with van der Waals surface area (Å²) in [5, 5.41) is 13.5. The van der Waals surface area contributed by atoms with Gasteiger partial charge < -0.3 is 14.5 Å². The molecule has 22 heavy (non-hydrogen) atoms. The molecule has 0 saturated carbocycles. The van der Waals surface area contributed by atoms with Gasteiger partial charge in [0.05, 0.1) is 13.2 Å². The van der Waals surface area contributed by atoms with Gasteiger partial charge in [0.25, 0.3) is 0 Å². The number of amides is 2. The number of carbonyl (C=O) groups is 1. The summed E-state index contributed by atoms with van der Waals surface area (Å²) in [6, 6.07) is 0.153. The molecule has 2 aliphatic heterocycles. The Kier molecular flexibility index (Phi) is 3.67. The second kappa shape index (κ2) is 5.81.